The molecule has 0 saturated heterocycles. The van der Waals surface area contributed by atoms with Crippen molar-refractivity contribution in [1.82, 2.24) is 0 Å². The van der Waals surface area contributed by atoms with Crippen molar-refractivity contribution in [3.8, 4) is 0 Å². The van der Waals surface area contributed by atoms with Gasteiger partial charge in [-0.1, -0.05) is 25.8 Å². The summed E-state index contributed by atoms with van der Waals surface area (Å²) in [4.78, 5) is 0. The van der Waals surface area contributed by atoms with Gasteiger partial charge in [0.25, 0.3) is 6.01 Å². The van der Waals surface area contributed by atoms with Gasteiger partial charge in [-0.15, -0.1) is 0 Å². The van der Waals surface area contributed by atoms with E-state index in [9.17, 15) is 4.39 Å². The zero-order valence-corrected chi connectivity index (χ0v) is 7.11. The normalized spacial score (nSPS) is 27.1. The van der Waals surface area contributed by atoms with Gasteiger partial charge in [0.2, 0.25) is 0 Å². The Labute approximate surface area is 71.9 Å². The first-order chi connectivity index (χ1) is 5.73. The van der Waals surface area contributed by atoms with E-state index in [1.165, 1.54) is 6.42 Å². The highest BCUT2D eigenvalue weighted by Gasteiger charge is 2.40. The van der Waals surface area contributed by atoms with Gasteiger partial charge in [-0.2, -0.15) is 4.39 Å². The molecular weight excluding hydrogens is 155 g/mol. The van der Waals surface area contributed by atoms with Crippen LogP contribution in [0.1, 0.15) is 32.1 Å². The Morgan fingerprint density at radius 1 is 1.33 bits per heavy atom. The zero-order chi connectivity index (χ0) is 8.60. The van der Waals surface area contributed by atoms with Crippen LogP contribution in [0.4, 0.5) is 4.39 Å². The molecule has 2 rings (SSSR count). The van der Waals surface area contributed by atoms with Crippen molar-refractivity contribution in [2.45, 2.75) is 32.1 Å². The van der Waals surface area contributed by atoms with Crippen molar-refractivity contribution in [2.75, 3.05) is 0 Å². The molecule has 0 bridgehead atoms. The molecule has 0 N–H and O–H groups in total. The maximum atomic E-state index is 12.8. The lowest BCUT2D eigenvalue weighted by Crippen LogP contribution is -2.20. The molecule has 0 unspecified atom stereocenters. The summed E-state index contributed by atoms with van der Waals surface area (Å²) < 4.78 is 17.6. The topological polar surface area (TPSA) is 9.23 Å². The Balaban J connectivity index is 2.23. The van der Waals surface area contributed by atoms with Crippen LogP contribution in [0.15, 0.2) is 24.4 Å². The molecule has 0 radical (unpaired) electrons. The van der Waals surface area contributed by atoms with Gasteiger partial charge in [0, 0.05) is 6.08 Å². The van der Waals surface area contributed by atoms with E-state index in [2.05, 4.69) is 6.58 Å². The molecule has 0 atom stereocenters. The van der Waals surface area contributed by atoms with E-state index in [0.717, 1.165) is 25.7 Å². The predicted octanol–water partition coefficient (Wildman–Crippen LogP) is 3.29. The summed E-state index contributed by atoms with van der Waals surface area (Å²) in [6, 6.07) is -0.457. The quantitative estimate of drug-likeness (QED) is 0.539. The standard InChI is InChI=1S/C10H13FO/c1-8-10(7-9(11)12-8)5-3-2-4-6-10/h7H,1-6H2. The molecule has 0 aromatic carbocycles. The van der Waals surface area contributed by atoms with E-state index in [1.54, 1.807) is 6.08 Å². The van der Waals surface area contributed by atoms with E-state index in [1.807, 2.05) is 0 Å². The van der Waals surface area contributed by atoms with Crippen LogP contribution < -0.4 is 0 Å². The van der Waals surface area contributed by atoms with Crippen LogP contribution in [-0.4, -0.2) is 0 Å². The van der Waals surface area contributed by atoms with Gasteiger partial charge < -0.3 is 4.74 Å². The lowest BCUT2D eigenvalue weighted by molar-refractivity contribution is 0.182. The van der Waals surface area contributed by atoms with Gasteiger partial charge in [-0.05, 0) is 12.8 Å². The van der Waals surface area contributed by atoms with E-state index >= 15 is 0 Å². The molecule has 2 aliphatic rings. The largest absolute Gasteiger partial charge is 0.436 e. The number of hydrogen-bond donors (Lipinski definition) is 0. The second kappa shape index (κ2) is 2.61. The van der Waals surface area contributed by atoms with Crippen molar-refractivity contribution < 1.29 is 9.13 Å². The minimum atomic E-state index is -0.457. The molecule has 1 fully saturated rings. The van der Waals surface area contributed by atoms with Crippen molar-refractivity contribution in [2.24, 2.45) is 5.41 Å². The Bertz CT molecular complexity index is 236. The Morgan fingerprint density at radius 2 is 2.00 bits per heavy atom. The monoisotopic (exact) mass is 168 g/mol. The fraction of sp³-hybridized carbons (Fsp3) is 0.600. The fourth-order valence-corrected chi connectivity index (χ4v) is 2.15. The van der Waals surface area contributed by atoms with Crippen LogP contribution in [0.3, 0.4) is 0 Å². The summed E-state index contributed by atoms with van der Waals surface area (Å²) >= 11 is 0. The van der Waals surface area contributed by atoms with Gasteiger partial charge in [0.05, 0.1) is 5.41 Å². The average molecular weight is 168 g/mol. The summed E-state index contributed by atoms with van der Waals surface area (Å²) in [5.41, 5.74) is -0.150. The molecule has 0 aromatic heterocycles. The molecule has 0 amide bonds. The van der Waals surface area contributed by atoms with Crippen LogP contribution in [0, 0.1) is 5.41 Å². The van der Waals surface area contributed by atoms with Crippen molar-refractivity contribution in [3.63, 3.8) is 0 Å². The second-order valence-electron chi connectivity index (χ2n) is 3.69. The van der Waals surface area contributed by atoms with Crippen LogP contribution in [0.25, 0.3) is 0 Å². The smallest absolute Gasteiger partial charge is 0.274 e. The first-order valence-electron chi connectivity index (χ1n) is 4.49. The van der Waals surface area contributed by atoms with Crippen LogP contribution in [0.5, 0.6) is 0 Å². The molecule has 1 aliphatic heterocycles. The number of halogens is 1. The minimum Gasteiger partial charge on any atom is -0.436 e. The average Bonchev–Trinajstić information content (AvgIpc) is 2.29. The van der Waals surface area contributed by atoms with E-state index in [-0.39, 0.29) is 5.41 Å². The van der Waals surface area contributed by atoms with Crippen molar-refractivity contribution >= 4 is 0 Å². The molecular formula is C10H13FO. The van der Waals surface area contributed by atoms with Crippen molar-refractivity contribution in [1.29, 1.82) is 0 Å². The van der Waals surface area contributed by atoms with Gasteiger partial charge in [-0.3, -0.25) is 0 Å². The third kappa shape index (κ3) is 1.06. The van der Waals surface area contributed by atoms with E-state index in [4.69, 9.17) is 4.74 Å². The Kier molecular flexibility index (Phi) is 1.71. The molecule has 1 saturated carbocycles. The molecule has 0 aromatic rings. The molecule has 66 valence electrons. The first-order valence-corrected chi connectivity index (χ1v) is 4.49. The molecule has 1 spiro atoms. The number of allylic oxidation sites excluding steroid dienone is 1. The Hall–Kier alpha value is -0.790. The first kappa shape index (κ1) is 7.84. The molecule has 1 nitrogen and oxygen atoms in total. The van der Waals surface area contributed by atoms with E-state index < -0.39 is 6.01 Å². The number of rotatable bonds is 0. The van der Waals surface area contributed by atoms with Crippen molar-refractivity contribution in [3.05, 3.63) is 24.4 Å². The van der Waals surface area contributed by atoms with Gasteiger partial charge in [-0.25, -0.2) is 0 Å². The summed E-state index contributed by atoms with van der Waals surface area (Å²) in [7, 11) is 0. The number of hydrogen-bond acceptors (Lipinski definition) is 1. The van der Waals surface area contributed by atoms with Gasteiger partial charge >= 0.3 is 0 Å². The third-order valence-electron chi connectivity index (χ3n) is 2.91. The highest BCUT2D eigenvalue weighted by molar-refractivity contribution is 5.22. The predicted molar refractivity (Wildman–Crippen MR) is 44.9 cm³/mol. The lowest BCUT2D eigenvalue weighted by Gasteiger charge is -2.30. The third-order valence-corrected chi connectivity index (χ3v) is 2.91. The van der Waals surface area contributed by atoms with Crippen LogP contribution in [-0.2, 0) is 4.74 Å². The second-order valence-corrected chi connectivity index (χ2v) is 3.69. The highest BCUT2D eigenvalue weighted by atomic mass is 19.1. The SMILES string of the molecule is C=C1OC(F)=CC12CCCCC2. The van der Waals surface area contributed by atoms with Crippen LogP contribution in [0.2, 0.25) is 0 Å². The molecule has 2 heteroatoms. The lowest BCUT2D eigenvalue weighted by atomic mass is 9.74. The Morgan fingerprint density at radius 3 is 2.50 bits per heavy atom. The minimum absolute atomic E-state index is 0.150. The summed E-state index contributed by atoms with van der Waals surface area (Å²) in [6.45, 7) is 3.77. The summed E-state index contributed by atoms with van der Waals surface area (Å²) in [6.07, 6.45) is 7.18. The fourth-order valence-electron chi connectivity index (χ4n) is 2.15. The summed E-state index contributed by atoms with van der Waals surface area (Å²) in [5.74, 6) is 0.611. The molecule has 1 heterocycles. The maximum absolute atomic E-state index is 12.8. The highest BCUT2D eigenvalue weighted by Crippen LogP contribution is 2.48. The zero-order valence-electron chi connectivity index (χ0n) is 7.11. The molecule has 12 heavy (non-hydrogen) atoms. The maximum Gasteiger partial charge on any atom is 0.274 e. The van der Waals surface area contributed by atoms with Gasteiger partial charge in [0.1, 0.15) is 5.76 Å². The van der Waals surface area contributed by atoms with Gasteiger partial charge in [0.15, 0.2) is 0 Å². The van der Waals surface area contributed by atoms with E-state index in [0.29, 0.717) is 5.76 Å². The number of ether oxygens (including phenoxy) is 1. The summed E-state index contributed by atoms with van der Waals surface area (Å²) in [5, 5.41) is 0. The van der Waals surface area contributed by atoms with Crippen LogP contribution >= 0.6 is 0 Å². The molecule has 1 aliphatic carbocycles.